The number of nitrogens with zero attached hydrogens (tertiary/aromatic N) is 1. The Morgan fingerprint density at radius 3 is 2.57 bits per heavy atom. The first-order valence-corrected chi connectivity index (χ1v) is 7.38. The quantitative estimate of drug-likeness (QED) is 0.632. The number of hydrogen-bond donors (Lipinski definition) is 0. The first-order valence-electron chi connectivity index (χ1n) is 7.00. The third-order valence-electron chi connectivity index (χ3n) is 3.40. The van der Waals surface area contributed by atoms with Crippen LogP contribution < -0.4 is 4.74 Å². The molecule has 5 heteroatoms. The van der Waals surface area contributed by atoms with Gasteiger partial charge in [0.05, 0.1) is 12.1 Å². The van der Waals surface area contributed by atoms with Crippen molar-refractivity contribution in [2.75, 3.05) is 7.11 Å². The van der Waals surface area contributed by atoms with Crippen molar-refractivity contribution >= 4 is 29.5 Å². The molecule has 0 amide bonds. The van der Waals surface area contributed by atoms with Crippen molar-refractivity contribution in [3.8, 4) is 5.75 Å². The number of carbonyl (C=O) groups excluding carboxylic acids is 1. The maximum atomic E-state index is 12.0. The summed E-state index contributed by atoms with van der Waals surface area (Å²) in [5.41, 5.74) is 2.88. The van der Waals surface area contributed by atoms with Gasteiger partial charge in [-0.25, -0.2) is 9.79 Å². The highest BCUT2D eigenvalue weighted by atomic mass is 35.5. The summed E-state index contributed by atoms with van der Waals surface area (Å²) in [6, 6.07) is 12.9. The van der Waals surface area contributed by atoms with Crippen LogP contribution >= 0.6 is 11.6 Å². The Bertz CT molecular complexity index is 823. The normalized spacial score (nSPS) is 15.5. The lowest BCUT2D eigenvalue weighted by atomic mass is 10.1. The van der Waals surface area contributed by atoms with Gasteiger partial charge in [-0.3, -0.25) is 0 Å². The molecule has 0 aliphatic carbocycles. The molecule has 1 aliphatic rings. The predicted octanol–water partition coefficient (Wildman–Crippen LogP) is 4.00. The van der Waals surface area contributed by atoms with Crippen molar-refractivity contribution in [2.24, 2.45) is 4.99 Å². The van der Waals surface area contributed by atoms with Crippen LogP contribution in [-0.4, -0.2) is 19.0 Å². The first-order chi connectivity index (χ1) is 11.1. The molecule has 0 N–H and O–H groups in total. The molecule has 0 spiro atoms. The molecular weight excluding hydrogens is 314 g/mol. The molecule has 0 radical (unpaired) electrons. The number of halogens is 1. The summed E-state index contributed by atoms with van der Waals surface area (Å²) in [6.45, 7) is 1.99. The Hall–Kier alpha value is -2.59. The standard InChI is InChI=1S/C18H14ClNO3/c1-11-3-6-13(7-4-11)17-20-15(18(21)23-17)10-12-5-8-16(22-2)14(19)9-12/h3-10H,1-2H3/b15-10-. The average Bonchev–Trinajstić information content (AvgIpc) is 2.89. The summed E-state index contributed by atoms with van der Waals surface area (Å²) >= 11 is 6.08. The van der Waals surface area contributed by atoms with Crippen LogP contribution in [0.2, 0.25) is 5.02 Å². The van der Waals surface area contributed by atoms with E-state index < -0.39 is 5.97 Å². The van der Waals surface area contributed by atoms with Crippen molar-refractivity contribution in [3.05, 3.63) is 69.9 Å². The Balaban J connectivity index is 1.91. The van der Waals surface area contributed by atoms with Gasteiger partial charge in [-0.2, -0.15) is 0 Å². The molecule has 0 fully saturated rings. The van der Waals surface area contributed by atoms with Crippen molar-refractivity contribution < 1.29 is 14.3 Å². The highest BCUT2D eigenvalue weighted by Gasteiger charge is 2.24. The number of hydrogen-bond acceptors (Lipinski definition) is 4. The van der Waals surface area contributed by atoms with Gasteiger partial charge in [-0.1, -0.05) is 35.4 Å². The topological polar surface area (TPSA) is 47.9 Å². The zero-order chi connectivity index (χ0) is 16.4. The van der Waals surface area contributed by atoms with Gasteiger partial charge in [0.25, 0.3) is 0 Å². The zero-order valence-electron chi connectivity index (χ0n) is 12.7. The summed E-state index contributed by atoms with van der Waals surface area (Å²) in [5, 5.41) is 0.468. The van der Waals surface area contributed by atoms with E-state index in [1.165, 1.54) is 0 Å². The van der Waals surface area contributed by atoms with E-state index in [1.54, 1.807) is 31.4 Å². The Morgan fingerprint density at radius 2 is 1.91 bits per heavy atom. The van der Waals surface area contributed by atoms with Gasteiger partial charge < -0.3 is 9.47 Å². The van der Waals surface area contributed by atoms with Gasteiger partial charge in [0.1, 0.15) is 5.75 Å². The lowest BCUT2D eigenvalue weighted by Gasteiger charge is -2.03. The number of cyclic esters (lactones) is 1. The van der Waals surface area contributed by atoms with E-state index in [-0.39, 0.29) is 5.70 Å². The summed E-state index contributed by atoms with van der Waals surface area (Å²) in [6.07, 6.45) is 1.63. The van der Waals surface area contributed by atoms with Gasteiger partial charge in [-0.05, 0) is 42.8 Å². The van der Waals surface area contributed by atoms with Crippen LogP contribution in [0.15, 0.2) is 53.2 Å². The average molecular weight is 328 g/mol. The molecule has 0 saturated heterocycles. The van der Waals surface area contributed by atoms with Gasteiger partial charge in [0.2, 0.25) is 5.90 Å². The number of carbonyl (C=O) groups is 1. The molecule has 0 bridgehead atoms. The molecule has 0 unspecified atom stereocenters. The van der Waals surface area contributed by atoms with Crippen LogP contribution in [-0.2, 0) is 9.53 Å². The SMILES string of the molecule is COc1ccc(/C=C2\N=C(c3ccc(C)cc3)OC2=O)cc1Cl. The summed E-state index contributed by atoms with van der Waals surface area (Å²) in [4.78, 5) is 16.2. The monoisotopic (exact) mass is 327 g/mol. The minimum Gasteiger partial charge on any atom is -0.495 e. The third-order valence-corrected chi connectivity index (χ3v) is 3.69. The highest BCUT2D eigenvalue weighted by Crippen LogP contribution is 2.27. The number of ether oxygens (including phenoxy) is 2. The number of aryl methyl sites for hydroxylation is 1. The maximum absolute atomic E-state index is 12.0. The van der Waals surface area contributed by atoms with Crippen LogP contribution in [0.5, 0.6) is 5.75 Å². The second-order valence-electron chi connectivity index (χ2n) is 5.10. The molecule has 0 saturated carbocycles. The highest BCUT2D eigenvalue weighted by molar-refractivity contribution is 6.32. The smallest absolute Gasteiger partial charge is 0.363 e. The molecule has 3 rings (SSSR count). The van der Waals surface area contributed by atoms with Crippen molar-refractivity contribution in [3.63, 3.8) is 0 Å². The molecule has 2 aromatic rings. The molecule has 1 heterocycles. The second-order valence-corrected chi connectivity index (χ2v) is 5.50. The number of rotatable bonds is 3. The number of aliphatic imine (C=N–C) groups is 1. The van der Waals surface area contributed by atoms with Crippen molar-refractivity contribution in [1.82, 2.24) is 0 Å². The maximum Gasteiger partial charge on any atom is 0.363 e. The lowest BCUT2D eigenvalue weighted by molar-refractivity contribution is -0.129. The van der Waals surface area contributed by atoms with Crippen LogP contribution in [0.25, 0.3) is 6.08 Å². The fourth-order valence-corrected chi connectivity index (χ4v) is 2.43. The van der Waals surface area contributed by atoms with Gasteiger partial charge >= 0.3 is 5.97 Å². The van der Waals surface area contributed by atoms with E-state index in [0.29, 0.717) is 16.7 Å². The minimum absolute atomic E-state index is 0.238. The summed E-state index contributed by atoms with van der Waals surface area (Å²) < 4.78 is 10.3. The minimum atomic E-state index is -0.479. The first kappa shape index (κ1) is 15.3. The van der Waals surface area contributed by atoms with E-state index in [0.717, 1.165) is 16.7 Å². The molecule has 1 aliphatic heterocycles. The molecule has 23 heavy (non-hydrogen) atoms. The Labute approximate surface area is 139 Å². The number of esters is 1. The van der Waals surface area contributed by atoms with Gasteiger partial charge in [0.15, 0.2) is 5.70 Å². The Morgan fingerprint density at radius 1 is 1.17 bits per heavy atom. The fraction of sp³-hybridized carbons (Fsp3) is 0.111. The third kappa shape index (κ3) is 3.27. The van der Waals surface area contributed by atoms with E-state index in [4.69, 9.17) is 21.1 Å². The number of methoxy groups -OCH3 is 1. The molecule has 4 nitrogen and oxygen atoms in total. The molecule has 116 valence electrons. The Kier molecular flexibility index (Phi) is 4.17. The van der Waals surface area contributed by atoms with E-state index in [9.17, 15) is 4.79 Å². The van der Waals surface area contributed by atoms with Crippen LogP contribution in [0.1, 0.15) is 16.7 Å². The van der Waals surface area contributed by atoms with Crippen LogP contribution in [0.4, 0.5) is 0 Å². The summed E-state index contributed by atoms with van der Waals surface area (Å²) in [5.74, 6) is 0.403. The van der Waals surface area contributed by atoms with Crippen LogP contribution in [0, 0.1) is 6.92 Å². The molecule has 0 aromatic heterocycles. The van der Waals surface area contributed by atoms with Crippen molar-refractivity contribution in [1.29, 1.82) is 0 Å². The van der Waals surface area contributed by atoms with E-state index in [1.807, 2.05) is 31.2 Å². The molecule has 0 atom stereocenters. The lowest BCUT2D eigenvalue weighted by Crippen LogP contribution is -2.05. The second kappa shape index (κ2) is 6.26. The number of benzene rings is 2. The van der Waals surface area contributed by atoms with Crippen LogP contribution in [0.3, 0.4) is 0 Å². The summed E-state index contributed by atoms with van der Waals surface area (Å²) in [7, 11) is 1.55. The molecule has 2 aromatic carbocycles. The fourth-order valence-electron chi connectivity index (χ4n) is 2.16. The van der Waals surface area contributed by atoms with Crippen molar-refractivity contribution in [2.45, 2.75) is 6.92 Å². The largest absolute Gasteiger partial charge is 0.495 e. The van der Waals surface area contributed by atoms with E-state index in [2.05, 4.69) is 4.99 Å². The zero-order valence-corrected chi connectivity index (χ0v) is 13.4. The predicted molar refractivity (Wildman–Crippen MR) is 89.8 cm³/mol. The molecular formula is C18H14ClNO3. The van der Waals surface area contributed by atoms with Gasteiger partial charge in [0, 0.05) is 5.56 Å². The van der Waals surface area contributed by atoms with Gasteiger partial charge in [-0.15, -0.1) is 0 Å². The van der Waals surface area contributed by atoms with E-state index >= 15 is 0 Å².